The van der Waals surface area contributed by atoms with Crippen molar-refractivity contribution in [3.05, 3.63) is 97.2 Å². The zero-order valence-electron chi connectivity index (χ0n) is 42.2. The Morgan fingerprint density at radius 3 is 0.985 bits per heavy atom. The van der Waals surface area contributed by atoms with Crippen molar-refractivity contribution in [1.82, 2.24) is 0 Å². The molecule has 0 bridgehead atoms. The molecule has 0 aromatic rings. The van der Waals surface area contributed by atoms with Gasteiger partial charge in [0.25, 0.3) is 0 Å². The van der Waals surface area contributed by atoms with E-state index >= 15 is 0 Å². The molecule has 1 unspecified atom stereocenters. The quantitative estimate of drug-likeness (QED) is 0.0199. The molecule has 65 heavy (non-hydrogen) atoms. The molecule has 0 amide bonds. The molecular weight excluding hydrogens is 805 g/mol. The van der Waals surface area contributed by atoms with Gasteiger partial charge in [0, 0.05) is 19.3 Å². The molecule has 0 spiro atoms. The van der Waals surface area contributed by atoms with E-state index in [0.29, 0.717) is 19.3 Å². The third-order valence-corrected chi connectivity index (χ3v) is 11.2. The fourth-order valence-corrected chi connectivity index (χ4v) is 7.21. The Labute approximate surface area is 400 Å². The molecule has 0 aromatic carbocycles. The monoisotopic (exact) mass is 903 g/mol. The summed E-state index contributed by atoms with van der Waals surface area (Å²) in [5.41, 5.74) is 0. The molecule has 0 heterocycles. The van der Waals surface area contributed by atoms with Crippen LogP contribution < -0.4 is 0 Å². The van der Waals surface area contributed by atoms with Crippen LogP contribution in [-0.4, -0.2) is 37.2 Å². The summed E-state index contributed by atoms with van der Waals surface area (Å²) < 4.78 is 16.8. The minimum Gasteiger partial charge on any atom is -0.462 e. The van der Waals surface area contributed by atoms with Crippen molar-refractivity contribution in [3.63, 3.8) is 0 Å². The predicted molar refractivity (Wildman–Crippen MR) is 279 cm³/mol. The molecule has 0 saturated carbocycles. The summed E-state index contributed by atoms with van der Waals surface area (Å²) in [6.45, 7) is 6.32. The van der Waals surface area contributed by atoms with E-state index in [1.807, 2.05) is 18.2 Å². The summed E-state index contributed by atoms with van der Waals surface area (Å²) in [5.74, 6) is -0.947. The maximum Gasteiger partial charge on any atom is 0.306 e. The van der Waals surface area contributed by atoms with Crippen LogP contribution in [0.1, 0.15) is 239 Å². The van der Waals surface area contributed by atoms with Crippen LogP contribution in [0, 0.1) is 0 Å². The Kier molecular flexibility index (Phi) is 50.0. The van der Waals surface area contributed by atoms with E-state index < -0.39 is 6.10 Å². The second kappa shape index (κ2) is 52.9. The average Bonchev–Trinajstić information content (AvgIpc) is 3.30. The Bertz CT molecular complexity index is 1310. The molecule has 6 nitrogen and oxygen atoms in total. The van der Waals surface area contributed by atoms with E-state index in [1.165, 1.54) is 89.9 Å². The molecule has 0 aliphatic heterocycles. The number of hydrogen-bond acceptors (Lipinski definition) is 6. The largest absolute Gasteiger partial charge is 0.462 e. The van der Waals surface area contributed by atoms with Crippen molar-refractivity contribution in [2.24, 2.45) is 0 Å². The van der Waals surface area contributed by atoms with Crippen LogP contribution in [0.5, 0.6) is 0 Å². The molecule has 0 radical (unpaired) electrons. The summed E-state index contributed by atoms with van der Waals surface area (Å²) in [4.78, 5) is 38.0. The highest BCUT2D eigenvalue weighted by Crippen LogP contribution is 2.14. The fraction of sp³-hybridized carbons (Fsp3) is 0.678. The Morgan fingerprint density at radius 1 is 0.323 bits per heavy atom. The molecule has 0 fully saturated rings. The Morgan fingerprint density at radius 2 is 0.615 bits per heavy atom. The molecule has 0 N–H and O–H groups in total. The summed E-state index contributed by atoms with van der Waals surface area (Å²) in [6.07, 6.45) is 69.6. The molecule has 0 rings (SSSR count). The number of rotatable bonds is 47. The number of hydrogen-bond donors (Lipinski definition) is 0. The summed E-state index contributed by atoms with van der Waals surface area (Å²) in [5, 5.41) is 0. The van der Waals surface area contributed by atoms with Gasteiger partial charge in [0.05, 0.1) is 0 Å². The number of carbonyl (C=O) groups is 3. The van der Waals surface area contributed by atoms with Crippen LogP contribution in [0.15, 0.2) is 97.2 Å². The van der Waals surface area contributed by atoms with E-state index in [-0.39, 0.29) is 31.1 Å². The van der Waals surface area contributed by atoms with Crippen molar-refractivity contribution < 1.29 is 28.6 Å². The average molecular weight is 903 g/mol. The minimum atomic E-state index is -0.801. The van der Waals surface area contributed by atoms with E-state index in [0.717, 1.165) is 109 Å². The van der Waals surface area contributed by atoms with Crippen LogP contribution in [0.2, 0.25) is 0 Å². The number of allylic oxidation sites excluding steroid dienone is 16. The van der Waals surface area contributed by atoms with Crippen molar-refractivity contribution >= 4 is 17.9 Å². The van der Waals surface area contributed by atoms with Gasteiger partial charge in [0.15, 0.2) is 6.10 Å². The van der Waals surface area contributed by atoms with E-state index in [1.54, 1.807) is 0 Å². The van der Waals surface area contributed by atoms with E-state index in [4.69, 9.17) is 14.2 Å². The zero-order chi connectivity index (χ0) is 47.2. The van der Waals surface area contributed by atoms with Gasteiger partial charge >= 0.3 is 17.9 Å². The van der Waals surface area contributed by atoms with Crippen LogP contribution in [0.25, 0.3) is 0 Å². The third-order valence-electron chi connectivity index (χ3n) is 11.2. The van der Waals surface area contributed by atoms with Crippen molar-refractivity contribution in [1.29, 1.82) is 0 Å². The number of carbonyl (C=O) groups excluding carboxylic acids is 3. The van der Waals surface area contributed by atoms with E-state index in [2.05, 4.69) is 99.8 Å². The normalized spacial score (nSPS) is 12.8. The standard InChI is InChI=1S/C59H98O6/c1-4-7-10-13-16-19-22-25-27-28-29-30-32-34-37-40-43-46-49-52-58(61)64-55-56(54-63-57(60)51-48-45-42-39-36-33-24-21-18-15-12-9-6-3)65-59(62)53-50-47-44-41-38-35-31-26-23-20-17-14-11-8-5-2/h8-9,11-12,14-15,17-18,20-21,23-24,26,28-29,31,56H,4-7,10,13,16,19,22,25,27,30,32-55H2,1-3H3/b11-8-,12-9-,17-14-,18-15-,23-20-,24-21-,29-28-,31-26-. The third kappa shape index (κ3) is 51.2. The molecule has 0 aliphatic rings. The lowest BCUT2D eigenvalue weighted by molar-refractivity contribution is -0.167. The lowest BCUT2D eigenvalue weighted by Gasteiger charge is -2.18. The van der Waals surface area contributed by atoms with Crippen molar-refractivity contribution in [2.75, 3.05) is 13.2 Å². The molecule has 0 aromatic heterocycles. The summed E-state index contributed by atoms with van der Waals surface area (Å²) in [7, 11) is 0. The zero-order valence-corrected chi connectivity index (χ0v) is 42.2. The Hall–Kier alpha value is -3.67. The van der Waals surface area contributed by atoms with Gasteiger partial charge in [-0.15, -0.1) is 0 Å². The highest BCUT2D eigenvalue weighted by atomic mass is 16.6. The number of esters is 3. The first-order valence-corrected chi connectivity index (χ1v) is 26.8. The fourth-order valence-electron chi connectivity index (χ4n) is 7.21. The Balaban J connectivity index is 4.43. The molecule has 0 saturated heterocycles. The van der Waals surface area contributed by atoms with Crippen LogP contribution in [0.3, 0.4) is 0 Å². The molecular formula is C59H98O6. The van der Waals surface area contributed by atoms with Gasteiger partial charge in [0.2, 0.25) is 0 Å². The maximum absolute atomic E-state index is 12.8. The van der Waals surface area contributed by atoms with Gasteiger partial charge in [-0.05, 0) is 83.5 Å². The summed E-state index contributed by atoms with van der Waals surface area (Å²) in [6, 6.07) is 0. The molecule has 0 aliphatic carbocycles. The lowest BCUT2D eigenvalue weighted by atomic mass is 10.1. The van der Waals surface area contributed by atoms with Crippen molar-refractivity contribution in [3.8, 4) is 0 Å². The molecule has 370 valence electrons. The second-order valence-electron chi connectivity index (χ2n) is 17.5. The van der Waals surface area contributed by atoms with Gasteiger partial charge in [-0.2, -0.15) is 0 Å². The van der Waals surface area contributed by atoms with Gasteiger partial charge in [-0.1, -0.05) is 234 Å². The van der Waals surface area contributed by atoms with Gasteiger partial charge in [-0.25, -0.2) is 0 Å². The van der Waals surface area contributed by atoms with Crippen LogP contribution in [-0.2, 0) is 28.6 Å². The van der Waals surface area contributed by atoms with Crippen molar-refractivity contribution in [2.45, 2.75) is 245 Å². The van der Waals surface area contributed by atoms with Gasteiger partial charge in [-0.3, -0.25) is 14.4 Å². The second-order valence-corrected chi connectivity index (χ2v) is 17.5. The molecule has 1 atom stereocenters. The highest BCUT2D eigenvalue weighted by molar-refractivity contribution is 5.71. The molecule has 6 heteroatoms. The topological polar surface area (TPSA) is 78.9 Å². The lowest BCUT2D eigenvalue weighted by Crippen LogP contribution is -2.30. The number of ether oxygens (including phenoxy) is 3. The predicted octanol–water partition coefficient (Wildman–Crippen LogP) is 17.8. The first-order valence-electron chi connectivity index (χ1n) is 26.8. The minimum absolute atomic E-state index is 0.0972. The summed E-state index contributed by atoms with van der Waals surface area (Å²) >= 11 is 0. The highest BCUT2D eigenvalue weighted by Gasteiger charge is 2.19. The maximum atomic E-state index is 12.8. The van der Waals surface area contributed by atoms with Crippen LogP contribution in [0.4, 0.5) is 0 Å². The number of unbranched alkanes of at least 4 members (excludes halogenated alkanes) is 25. The smallest absolute Gasteiger partial charge is 0.306 e. The van der Waals surface area contributed by atoms with E-state index in [9.17, 15) is 14.4 Å². The SMILES string of the molecule is CC\C=C/C=C\C=C/C=C\CCCCCCCC(=O)OC(COC(=O)CCCCCCC\C=C/C=C\C=C/CC)COC(=O)CCCCCCCCC/C=C\CCCCCCCCCC. The first kappa shape index (κ1) is 61.3. The van der Waals surface area contributed by atoms with Crippen LogP contribution >= 0.6 is 0 Å². The van der Waals surface area contributed by atoms with Gasteiger partial charge in [0.1, 0.15) is 13.2 Å². The van der Waals surface area contributed by atoms with Gasteiger partial charge < -0.3 is 14.2 Å². The first-order chi connectivity index (χ1) is 32.0.